The molecule has 0 aliphatic rings. The van der Waals surface area contributed by atoms with Crippen LogP contribution in [0.15, 0.2) is 60.9 Å². The van der Waals surface area contributed by atoms with Crippen molar-refractivity contribution in [3.8, 4) is 22.5 Å². The van der Waals surface area contributed by atoms with E-state index in [0.29, 0.717) is 22.2 Å². The molecule has 0 atom stereocenters. The minimum Gasteiger partial charge on any atom is -0.373 e. The molecule has 2 aromatic heterocycles. The standard InChI is InChI=1S/C20H14ClFN4/c1-23-20-16-9-14(12-4-2-6-15(22)8-12)10-17(21)18(16)25-19(26-20)13-5-3-7-24-11-13/h2-11H,1H3,(H,23,25,26). The summed E-state index contributed by atoms with van der Waals surface area (Å²) in [5.41, 5.74) is 2.98. The molecular formula is C20H14ClFN4. The van der Waals surface area contributed by atoms with E-state index >= 15 is 0 Å². The van der Waals surface area contributed by atoms with Crippen LogP contribution in [0.2, 0.25) is 5.02 Å². The van der Waals surface area contributed by atoms with Crippen molar-refractivity contribution in [2.45, 2.75) is 0 Å². The average molecular weight is 365 g/mol. The van der Waals surface area contributed by atoms with Gasteiger partial charge in [0, 0.05) is 30.4 Å². The van der Waals surface area contributed by atoms with Crippen molar-refractivity contribution in [3.05, 3.63) is 71.8 Å². The lowest BCUT2D eigenvalue weighted by Crippen LogP contribution is -2.00. The first-order valence-corrected chi connectivity index (χ1v) is 8.39. The number of hydrogen-bond donors (Lipinski definition) is 1. The Morgan fingerprint density at radius 3 is 2.54 bits per heavy atom. The monoisotopic (exact) mass is 364 g/mol. The predicted octanol–water partition coefficient (Wildman–Crippen LogP) is 5.19. The van der Waals surface area contributed by atoms with E-state index in [2.05, 4.69) is 20.3 Å². The molecule has 0 amide bonds. The first kappa shape index (κ1) is 16.4. The quantitative estimate of drug-likeness (QED) is 0.543. The van der Waals surface area contributed by atoms with Crippen LogP contribution in [0.25, 0.3) is 33.4 Å². The van der Waals surface area contributed by atoms with Crippen LogP contribution in [0.4, 0.5) is 10.2 Å². The van der Waals surface area contributed by atoms with Gasteiger partial charge in [-0.15, -0.1) is 0 Å². The maximum atomic E-state index is 13.6. The van der Waals surface area contributed by atoms with Gasteiger partial charge >= 0.3 is 0 Å². The van der Waals surface area contributed by atoms with E-state index < -0.39 is 0 Å². The van der Waals surface area contributed by atoms with Gasteiger partial charge in [0.15, 0.2) is 5.82 Å². The number of hydrogen-bond acceptors (Lipinski definition) is 4. The predicted molar refractivity (Wildman–Crippen MR) is 103 cm³/mol. The van der Waals surface area contributed by atoms with E-state index in [4.69, 9.17) is 11.6 Å². The molecular weight excluding hydrogens is 351 g/mol. The van der Waals surface area contributed by atoms with Gasteiger partial charge in [-0.05, 0) is 47.5 Å². The van der Waals surface area contributed by atoms with E-state index in [1.165, 1.54) is 12.1 Å². The fourth-order valence-corrected chi connectivity index (χ4v) is 3.10. The largest absolute Gasteiger partial charge is 0.373 e. The lowest BCUT2D eigenvalue weighted by atomic mass is 10.0. The van der Waals surface area contributed by atoms with Gasteiger partial charge in [-0.3, -0.25) is 4.98 Å². The summed E-state index contributed by atoms with van der Waals surface area (Å²) in [6.45, 7) is 0. The van der Waals surface area contributed by atoms with E-state index in [-0.39, 0.29) is 5.82 Å². The highest BCUT2D eigenvalue weighted by molar-refractivity contribution is 6.35. The van der Waals surface area contributed by atoms with Crippen LogP contribution in [0.3, 0.4) is 0 Å². The molecule has 4 nitrogen and oxygen atoms in total. The van der Waals surface area contributed by atoms with Crippen LogP contribution < -0.4 is 5.32 Å². The molecule has 0 aliphatic carbocycles. The fraction of sp³-hybridized carbons (Fsp3) is 0.0500. The Kier molecular flexibility index (Phi) is 4.22. The Bertz CT molecular complexity index is 1100. The molecule has 0 saturated carbocycles. The molecule has 4 aromatic rings. The summed E-state index contributed by atoms with van der Waals surface area (Å²) >= 11 is 6.51. The van der Waals surface area contributed by atoms with Crippen molar-refractivity contribution in [1.82, 2.24) is 15.0 Å². The number of fused-ring (bicyclic) bond motifs is 1. The molecule has 4 rings (SSSR count). The Morgan fingerprint density at radius 1 is 0.962 bits per heavy atom. The van der Waals surface area contributed by atoms with Crippen LogP contribution in [-0.4, -0.2) is 22.0 Å². The third-order valence-corrected chi connectivity index (χ3v) is 4.36. The van der Waals surface area contributed by atoms with Gasteiger partial charge in [0.05, 0.1) is 10.5 Å². The van der Waals surface area contributed by atoms with Gasteiger partial charge < -0.3 is 5.32 Å². The molecule has 6 heteroatoms. The number of halogens is 2. The third-order valence-electron chi connectivity index (χ3n) is 4.07. The molecule has 2 heterocycles. The van der Waals surface area contributed by atoms with Crippen molar-refractivity contribution < 1.29 is 4.39 Å². The van der Waals surface area contributed by atoms with Crippen LogP contribution in [0, 0.1) is 5.82 Å². The van der Waals surface area contributed by atoms with Crippen molar-refractivity contribution in [2.24, 2.45) is 0 Å². The van der Waals surface area contributed by atoms with Gasteiger partial charge in [-0.2, -0.15) is 0 Å². The Labute approximate surface area is 154 Å². The number of aromatic nitrogens is 3. The minimum absolute atomic E-state index is 0.296. The highest BCUT2D eigenvalue weighted by atomic mass is 35.5. The van der Waals surface area contributed by atoms with Crippen LogP contribution in [0.5, 0.6) is 0 Å². The second-order valence-electron chi connectivity index (χ2n) is 5.75. The molecule has 1 N–H and O–H groups in total. The van der Waals surface area contributed by atoms with Crippen LogP contribution in [-0.2, 0) is 0 Å². The van der Waals surface area contributed by atoms with Gasteiger partial charge in [-0.25, -0.2) is 14.4 Å². The molecule has 128 valence electrons. The number of nitrogens with one attached hydrogen (secondary N) is 1. The molecule has 26 heavy (non-hydrogen) atoms. The van der Waals surface area contributed by atoms with E-state index in [9.17, 15) is 4.39 Å². The summed E-state index contributed by atoms with van der Waals surface area (Å²) in [6, 6.07) is 13.8. The second kappa shape index (κ2) is 6.69. The number of anilines is 1. The zero-order valence-electron chi connectivity index (χ0n) is 13.9. The fourth-order valence-electron chi connectivity index (χ4n) is 2.84. The highest BCUT2D eigenvalue weighted by Gasteiger charge is 2.13. The van der Waals surface area contributed by atoms with Gasteiger partial charge in [-0.1, -0.05) is 23.7 Å². The normalized spacial score (nSPS) is 10.9. The Hall–Kier alpha value is -3.05. The van der Waals surface area contributed by atoms with Crippen molar-refractivity contribution in [2.75, 3.05) is 12.4 Å². The summed E-state index contributed by atoms with van der Waals surface area (Å²) in [5, 5.41) is 4.34. The number of pyridine rings is 1. The summed E-state index contributed by atoms with van der Waals surface area (Å²) in [6.07, 6.45) is 3.40. The number of benzene rings is 2. The Balaban J connectivity index is 1.95. The van der Waals surface area contributed by atoms with Gasteiger partial charge in [0.25, 0.3) is 0 Å². The molecule has 0 unspecified atom stereocenters. The maximum Gasteiger partial charge on any atom is 0.163 e. The molecule has 0 aliphatic heterocycles. The summed E-state index contributed by atoms with van der Waals surface area (Å²) in [5.74, 6) is 0.889. The van der Waals surface area contributed by atoms with Crippen LogP contribution in [0.1, 0.15) is 0 Å². The molecule has 2 aromatic carbocycles. The molecule has 0 bridgehead atoms. The van der Waals surface area contributed by atoms with Crippen molar-refractivity contribution >= 4 is 28.3 Å². The van der Waals surface area contributed by atoms with Crippen molar-refractivity contribution in [1.29, 1.82) is 0 Å². The van der Waals surface area contributed by atoms with E-state index in [1.807, 2.05) is 24.3 Å². The third kappa shape index (κ3) is 2.97. The SMILES string of the molecule is CNc1nc(-c2cccnc2)nc2c(Cl)cc(-c3cccc(F)c3)cc12. The smallest absolute Gasteiger partial charge is 0.163 e. The zero-order chi connectivity index (χ0) is 18.1. The number of nitrogens with zero attached hydrogens (tertiary/aromatic N) is 3. The average Bonchev–Trinajstić information content (AvgIpc) is 2.68. The number of rotatable bonds is 3. The summed E-state index contributed by atoms with van der Waals surface area (Å²) in [4.78, 5) is 13.3. The summed E-state index contributed by atoms with van der Waals surface area (Å²) in [7, 11) is 1.79. The molecule has 0 radical (unpaired) electrons. The second-order valence-corrected chi connectivity index (χ2v) is 6.16. The Morgan fingerprint density at radius 2 is 1.81 bits per heavy atom. The molecule has 0 spiro atoms. The highest BCUT2D eigenvalue weighted by Crippen LogP contribution is 2.34. The maximum absolute atomic E-state index is 13.6. The molecule has 0 fully saturated rings. The van der Waals surface area contributed by atoms with Gasteiger partial charge in [0.1, 0.15) is 11.6 Å². The zero-order valence-corrected chi connectivity index (χ0v) is 14.6. The lowest BCUT2D eigenvalue weighted by Gasteiger charge is -2.11. The molecule has 0 saturated heterocycles. The van der Waals surface area contributed by atoms with Crippen molar-refractivity contribution in [3.63, 3.8) is 0 Å². The summed E-state index contributed by atoms with van der Waals surface area (Å²) < 4.78 is 13.6. The first-order valence-electron chi connectivity index (χ1n) is 8.01. The lowest BCUT2D eigenvalue weighted by molar-refractivity contribution is 0.628. The first-order chi connectivity index (χ1) is 12.7. The van der Waals surface area contributed by atoms with Gasteiger partial charge in [0.2, 0.25) is 0 Å². The minimum atomic E-state index is -0.296. The van der Waals surface area contributed by atoms with E-state index in [0.717, 1.165) is 22.1 Å². The topological polar surface area (TPSA) is 50.7 Å². The van der Waals surface area contributed by atoms with Crippen LogP contribution >= 0.6 is 11.6 Å². The van der Waals surface area contributed by atoms with E-state index in [1.54, 1.807) is 31.6 Å².